The highest BCUT2D eigenvalue weighted by Gasteiger charge is 2.17. The second kappa shape index (κ2) is 4.79. The van der Waals surface area contributed by atoms with Gasteiger partial charge in [0.25, 0.3) is 0 Å². The van der Waals surface area contributed by atoms with E-state index in [1.165, 1.54) is 6.20 Å². The zero-order valence-electron chi connectivity index (χ0n) is 9.57. The molecule has 2 rings (SSSR count). The Bertz CT molecular complexity index is 531. The molecule has 0 spiro atoms. The Balaban J connectivity index is 2.25. The molecule has 6 nitrogen and oxygen atoms in total. The molecule has 90 valence electrons. The molecule has 0 unspecified atom stereocenters. The van der Waals surface area contributed by atoms with Gasteiger partial charge in [-0.1, -0.05) is 6.92 Å². The second-order valence-corrected chi connectivity index (χ2v) is 4.43. The molecule has 0 amide bonds. The van der Waals surface area contributed by atoms with E-state index in [2.05, 4.69) is 36.4 Å². The van der Waals surface area contributed by atoms with Crippen molar-refractivity contribution in [3.8, 4) is 0 Å². The fraction of sp³-hybridized carbons (Fsp3) is 0.400. The number of ketones is 1. The number of hydrogen-bond acceptors (Lipinski definition) is 4. The molecule has 1 N–H and O–H groups in total. The number of aryl methyl sites for hydroxylation is 2. The van der Waals surface area contributed by atoms with Crippen molar-refractivity contribution in [1.82, 2.24) is 25.2 Å². The van der Waals surface area contributed by atoms with Gasteiger partial charge < -0.3 is 0 Å². The van der Waals surface area contributed by atoms with Gasteiger partial charge in [0.05, 0.1) is 28.5 Å². The van der Waals surface area contributed by atoms with Crippen LogP contribution in [0.2, 0.25) is 0 Å². The minimum Gasteiger partial charge on any atom is -0.292 e. The van der Waals surface area contributed by atoms with Crippen LogP contribution in [-0.4, -0.2) is 31.0 Å². The number of nitrogens with zero attached hydrogens (tertiary/aromatic N) is 4. The summed E-state index contributed by atoms with van der Waals surface area (Å²) in [4.78, 5) is 11.9. The maximum atomic E-state index is 11.9. The van der Waals surface area contributed by atoms with Gasteiger partial charge in [-0.15, -0.1) is 0 Å². The standard InChI is InChI=1S/C10H12BrN5O/c1-3-6-10(11)8(16(2)14-6)4-9(17)7-5-12-15-13-7/h5H,3-4H2,1-2H3,(H,12,13,15). The molecule has 0 aliphatic rings. The Morgan fingerprint density at radius 2 is 2.35 bits per heavy atom. The number of rotatable bonds is 4. The lowest BCUT2D eigenvalue weighted by Gasteiger charge is -2.00. The molecule has 2 aromatic heterocycles. The van der Waals surface area contributed by atoms with Crippen LogP contribution in [0.3, 0.4) is 0 Å². The van der Waals surface area contributed by atoms with E-state index in [1.54, 1.807) is 4.68 Å². The molecule has 0 radical (unpaired) electrons. The quantitative estimate of drug-likeness (QED) is 0.863. The van der Waals surface area contributed by atoms with Crippen LogP contribution in [0.5, 0.6) is 0 Å². The van der Waals surface area contributed by atoms with Gasteiger partial charge in [-0.2, -0.15) is 20.5 Å². The zero-order valence-corrected chi connectivity index (χ0v) is 11.2. The van der Waals surface area contributed by atoms with Crippen molar-refractivity contribution in [2.45, 2.75) is 19.8 Å². The molecule has 0 aliphatic heterocycles. The number of H-pyrrole nitrogens is 1. The Kier molecular flexibility index (Phi) is 3.37. The highest BCUT2D eigenvalue weighted by atomic mass is 79.9. The van der Waals surface area contributed by atoms with Crippen LogP contribution in [-0.2, 0) is 19.9 Å². The lowest BCUT2D eigenvalue weighted by molar-refractivity contribution is 0.0985. The molecule has 2 aromatic rings. The van der Waals surface area contributed by atoms with Crippen LogP contribution in [0.15, 0.2) is 10.7 Å². The Hall–Kier alpha value is -1.50. The summed E-state index contributed by atoms with van der Waals surface area (Å²) in [6.45, 7) is 2.02. The lowest BCUT2D eigenvalue weighted by Crippen LogP contribution is -2.08. The van der Waals surface area contributed by atoms with Crippen molar-refractivity contribution in [2.75, 3.05) is 0 Å². The highest BCUT2D eigenvalue weighted by molar-refractivity contribution is 9.10. The van der Waals surface area contributed by atoms with Gasteiger partial charge in [-0.25, -0.2) is 0 Å². The summed E-state index contributed by atoms with van der Waals surface area (Å²) < 4.78 is 2.63. The first-order valence-electron chi connectivity index (χ1n) is 5.22. The predicted molar refractivity (Wildman–Crippen MR) is 64.7 cm³/mol. The van der Waals surface area contributed by atoms with E-state index in [0.29, 0.717) is 5.69 Å². The molecule has 0 aliphatic carbocycles. The summed E-state index contributed by atoms with van der Waals surface area (Å²) in [5, 5.41) is 14.2. The fourth-order valence-electron chi connectivity index (χ4n) is 1.59. The van der Waals surface area contributed by atoms with Crippen molar-refractivity contribution in [2.24, 2.45) is 7.05 Å². The maximum absolute atomic E-state index is 11.9. The molecular formula is C10H12BrN5O. The number of carbonyl (C=O) groups excluding carboxylic acids is 1. The summed E-state index contributed by atoms with van der Waals surface area (Å²) in [7, 11) is 1.83. The number of aromatic nitrogens is 5. The van der Waals surface area contributed by atoms with Crippen molar-refractivity contribution in [3.05, 3.63) is 27.8 Å². The number of aromatic amines is 1. The number of hydrogen-bond donors (Lipinski definition) is 1. The van der Waals surface area contributed by atoms with Crippen LogP contribution in [0, 0.1) is 0 Å². The summed E-state index contributed by atoms with van der Waals surface area (Å²) >= 11 is 3.47. The molecule has 0 aromatic carbocycles. The predicted octanol–water partition coefficient (Wildman–Crippen LogP) is 1.29. The van der Waals surface area contributed by atoms with E-state index >= 15 is 0 Å². The number of nitrogens with one attached hydrogen (secondary N) is 1. The normalized spacial score (nSPS) is 10.8. The van der Waals surface area contributed by atoms with Crippen LogP contribution in [0.25, 0.3) is 0 Å². The Morgan fingerprint density at radius 3 is 2.88 bits per heavy atom. The van der Waals surface area contributed by atoms with Gasteiger partial charge in [-0.3, -0.25) is 9.48 Å². The van der Waals surface area contributed by atoms with Gasteiger partial charge >= 0.3 is 0 Å². The van der Waals surface area contributed by atoms with Crippen LogP contribution < -0.4 is 0 Å². The molecule has 0 fully saturated rings. The van der Waals surface area contributed by atoms with E-state index in [-0.39, 0.29) is 12.2 Å². The summed E-state index contributed by atoms with van der Waals surface area (Å²) in [6, 6.07) is 0. The summed E-state index contributed by atoms with van der Waals surface area (Å²) in [6.07, 6.45) is 2.51. The minimum atomic E-state index is -0.0786. The molecule has 17 heavy (non-hydrogen) atoms. The molecule has 0 atom stereocenters. The van der Waals surface area contributed by atoms with E-state index in [9.17, 15) is 4.79 Å². The smallest absolute Gasteiger partial charge is 0.190 e. The number of Topliss-reactive ketones (excluding diaryl/α,β-unsaturated/α-hetero) is 1. The van der Waals surface area contributed by atoms with Crippen molar-refractivity contribution < 1.29 is 4.79 Å². The SMILES string of the molecule is CCc1nn(C)c(CC(=O)c2cn[nH]n2)c1Br. The molecule has 7 heteroatoms. The third-order valence-electron chi connectivity index (χ3n) is 2.53. The topological polar surface area (TPSA) is 76.5 Å². The first kappa shape index (κ1) is 12.0. The van der Waals surface area contributed by atoms with Crippen molar-refractivity contribution in [1.29, 1.82) is 0 Å². The van der Waals surface area contributed by atoms with Crippen LogP contribution in [0.1, 0.15) is 28.8 Å². The molecule has 0 bridgehead atoms. The first-order chi connectivity index (χ1) is 8.13. The van der Waals surface area contributed by atoms with E-state index < -0.39 is 0 Å². The fourth-order valence-corrected chi connectivity index (χ4v) is 2.35. The average molecular weight is 298 g/mol. The van der Waals surface area contributed by atoms with Crippen molar-refractivity contribution in [3.63, 3.8) is 0 Å². The molecule has 0 saturated carbocycles. The van der Waals surface area contributed by atoms with Crippen LogP contribution >= 0.6 is 15.9 Å². The minimum absolute atomic E-state index is 0.0786. The van der Waals surface area contributed by atoms with Gasteiger partial charge in [0.2, 0.25) is 0 Å². The van der Waals surface area contributed by atoms with E-state index in [4.69, 9.17) is 0 Å². The Labute approximate surface area is 107 Å². The van der Waals surface area contributed by atoms with Crippen molar-refractivity contribution >= 4 is 21.7 Å². The van der Waals surface area contributed by atoms with Crippen LogP contribution in [0.4, 0.5) is 0 Å². The maximum Gasteiger partial charge on any atom is 0.190 e. The Morgan fingerprint density at radius 1 is 1.59 bits per heavy atom. The van der Waals surface area contributed by atoms with E-state index in [1.807, 2.05) is 14.0 Å². The van der Waals surface area contributed by atoms with Gasteiger partial charge in [0, 0.05) is 7.05 Å². The first-order valence-corrected chi connectivity index (χ1v) is 6.02. The third kappa shape index (κ3) is 2.28. The summed E-state index contributed by atoms with van der Waals surface area (Å²) in [5.41, 5.74) is 2.15. The monoisotopic (exact) mass is 297 g/mol. The van der Waals surface area contributed by atoms with Gasteiger partial charge in [0.15, 0.2) is 5.78 Å². The summed E-state index contributed by atoms with van der Waals surface area (Å²) in [5.74, 6) is -0.0786. The molecule has 0 saturated heterocycles. The average Bonchev–Trinajstić information content (AvgIpc) is 2.92. The van der Waals surface area contributed by atoms with E-state index in [0.717, 1.165) is 22.3 Å². The molecular weight excluding hydrogens is 286 g/mol. The number of halogens is 1. The third-order valence-corrected chi connectivity index (χ3v) is 3.45. The second-order valence-electron chi connectivity index (χ2n) is 3.64. The highest BCUT2D eigenvalue weighted by Crippen LogP contribution is 2.22. The number of carbonyl (C=O) groups is 1. The van der Waals surface area contributed by atoms with Gasteiger partial charge in [-0.05, 0) is 22.4 Å². The lowest BCUT2D eigenvalue weighted by atomic mass is 10.1. The zero-order chi connectivity index (χ0) is 12.4. The largest absolute Gasteiger partial charge is 0.292 e. The molecule has 2 heterocycles. The van der Waals surface area contributed by atoms with Gasteiger partial charge in [0.1, 0.15) is 5.69 Å².